The maximum absolute atomic E-state index is 13.8. The van der Waals surface area contributed by atoms with Crippen LogP contribution in [0, 0.1) is 12.7 Å². The number of rotatable bonds is 1. The fourth-order valence-corrected chi connectivity index (χ4v) is 3.43. The largest absolute Gasteiger partial charge is 0.207 e. The highest BCUT2D eigenvalue weighted by molar-refractivity contribution is 9.09. The average molecular weight is 285 g/mol. The van der Waals surface area contributed by atoms with Gasteiger partial charge in [-0.05, 0) is 37.3 Å². The van der Waals surface area contributed by atoms with Gasteiger partial charge in [0.25, 0.3) is 0 Å². The van der Waals surface area contributed by atoms with E-state index in [0.717, 1.165) is 24.0 Å². The summed E-state index contributed by atoms with van der Waals surface area (Å²) in [5.74, 6) is 0.310. The van der Waals surface area contributed by atoms with Crippen molar-refractivity contribution in [2.45, 2.75) is 49.8 Å². The highest BCUT2D eigenvalue weighted by Gasteiger charge is 2.25. The van der Waals surface area contributed by atoms with E-state index in [2.05, 4.69) is 15.9 Å². The van der Waals surface area contributed by atoms with Crippen molar-refractivity contribution in [3.63, 3.8) is 0 Å². The molecule has 2 heteroatoms. The van der Waals surface area contributed by atoms with E-state index in [1.807, 2.05) is 19.1 Å². The third-order valence-corrected chi connectivity index (χ3v) is 4.58. The quantitative estimate of drug-likeness (QED) is 0.506. The highest BCUT2D eigenvalue weighted by Crippen LogP contribution is 2.37. The minimum Gasteiger partial charge on any atom is -0.207 e. The van der Waals surface area contributed by atoms with E-state index in [0.29, 0.717) is 10.7 Å². The Kier molecular flexibility index (Phi) is 4.01. The van der Waals surface area contributed by atoms with Crippen LogP contribution in [0.25, 0.3) is 0 Å². The van der Waals surface area contributed by atoms with Crippen LogP contribution in [-0.4, -0.2) is 4.83 Å². The Morgan fingerprint density at radius 3 is 2.75 bits per heavy atom. The van der Waals surface area contributed by atoms with E-state index in [4.69, 9.17) is 0 Å². The first-order chi connectivity index (χ1) is 7.68. The summed E-state index contributed by atoms with van der Waals surface area (Å²) in [4.78, 5) is 0.436. The Labute approximate surface area is 105 Å². The number of alkyl halides is 1. The second-order valence-electron chi connectivity index (χ2n) is 4.79. The van der Waals surface area contributed by atoms with Gasteiger partial charge >= 0.3 is 0 Å². The number of hydrogen-bond donors (Lipinski definition) is 0. The molecular weight excluding hydrogens is 267 g/mol. The minimum atomic E-state index is -0.0399. The number of benzene rings is 1. The smallest absolute Gasteiger partial charge is 0.126 e. The zero-order chi connectivity index (χ0) is 11.5. The average Bonchev–Trinajstić information content (AvgIpc) is 2.47. The molecule has 1 aliphatic rings. The normalized spacial score (nSPS) is 26.4. The van der Waals surface area contributed by atoms with Crippen LogP contribution >= 0.6 is 15.9 Å². The van der Waals surface area contributed by atoms with Gasteiger partial charge in [0.1, 0.15) is 5.82 Å². The molecule has 0 N–H and O–H groups in total. The molecule has 0 bridgehead atoms. The van der Waals surface area contributed by atoms with Crippen molar-refractivity contribution in [3.05, 3.63) is 35.1 Å². The summed E-state index contributed by atoms with van der Waals surface area (Å²) in [6, 6.07) is 5.47. The first-order valence-electron chi connectivity index (χ1n) is 6.08. The first-order valence-corrected chi connectivity index (χ1v) is 7.00. The van der Waals surface area contributed by atoms with Crippen molar-refractivity contribution in [1.82, 2.24) is 0 Å². The summed E-state index contributed by atoms with van der Waals surface area (Å²) < 4.78 is 13.8. The molecule has 1 aliphatic carbocycles. The van der Waals surface area contributed by atoms with Gasteiger partial charge in [-0.3, -0.25) is 0 Å². The Morgan fingerprint density at radius 2 is 1.94 bits per heavy atom. The molecule has 1 aromatic carbocycles. The maximum atomic E-state index is 13.8. The molecule has 2 rings (SSSR count). The second-order valence-corrected chi connectivity index (χ2v) is 5.96. The van der Waals surface area contributed by atoms with E-state index >= 15 is 0 Å². The Morgan fingerprint density at radius 1 is 1.19 bits per heavy atom. The standard InChI is InChI=1S/C14H18BrF/c1-10-7-8-14(16)12(9-10)11-5-3-2-4-6-13(11)15/h7-9,11,13H,2-6H2,1H3. The zero-order valence-corrected chi connectivity index (χ0v) is 11.3. The summed E-state index contributed by atoms with van der Waals surface area (Å²) >= 11 is 3.73. The van der Waals surface area contributed by atoms with Gasteiger partial charge in [0, 0.05) is 4.83 Å². The van der Waals surface area contributed by atoms with Crippen LogP contribution in [0.4, 0.5) is 4.39 Å². The molecule has 0 radical (unpaired) electrons. The molecule has 1 saturated carbocycles. The lowest BCUT2D eigenvalue weighted by molar-refractivity contribution is 0.547. The van der Waals surface area contributed by atoms with Crippen molar-refractivity contribution in [2.24, 2.45) is 0 Å². The SMILES string of the molecule is Cc1ccc(F)c(C2CCCCCC2Br)c1. The van der Waals surface area contributed by atoms with Crippen LogP contribution in [0.15, 0.2) is 18.2 Å². The first kappa shape index (κ1) is 12.1. The van der Waals surface area contributed by atoms with Gasteiger partial charge in [0.15, 0.2) is 0 Å². The lowest BCUT2D eigenvalue weighted by atomic mass is 9.90. The Hall–Kier alpha value is -0.370. The molecule has 0 aliphatic heterocycles. The van der Waals surface area contributed by atoms with Crippen LogP contribution in [0.5, 0.6) is 0 Å². The van der Waals surface area contributed by atoms with Crippen LogP contribution in [-0.2, 0) is 0 Å². The molecule has 0 spiro atoms. The van der Waals surface area contributed by atoms with Crippen molar-refractivity contribution < 1.29 is 4.39 Å². The number of hydrogen-bond acceptors (Lipinski definition) is 0. The van der Waals surface area contributed by atoms with Gasteiger partial charge in [0.2, 0.25) is 0 Å². The fraction of sp³-hybridized carbons (Fsp3) is 0.571. The van der Waals surface area contributed by atoms with Crippen LogP contribution in [0.2, 0.25) is 0 Å². The lowest BCUT2D eigenvalue weighted by Crippen LogP contribution is -2.12. The highest BCUT2D eigenvalue weighted by atomic mass is 79.9. The van der Waals surface area contributed by atoms with Gasteiger partial charge in [-0.2, -0.15) is 0 Å². The van der Waals surface area contributed by atoms with E-state index in [-0.39, 0.29) is 5.82 Å². The molecule has 2 unspecified atom stereocenters. The maximum Gasteiger partial charge on any atom is 0.126 e. The van der Waals surface area contributed by atoms with E-state index < -0.39 is 0 Å². The molecular formula is C14H18BrF. The van der Waals surface area contributed by atoms with E-state index in [9.17, 15) is 4.39 Å². The number of halogens is 2. The summed E-state index contributed by atoms with van der Waals surface area (Å²) in [5.41, 5.74) is 2.06. The van der Waals surface area contributed by atoms with E-state index in [1.54, 1.807) is 6.07 Å². The summed E-state index contributed by atoms with van der Waals surface area (Å²) in [7, 11) is 0. The molecule has 2 atom stereocenters. The van der Waals surface area contributed by atoms with Gasteiger partial charge in [-0.25, -0.2) is 4.39 Å². The minimum absolute atomic E-state index is 0.0399. The van der Waals surface area contributed by atoms with Crippen molar-refractivity contribution in [1.29, 1.82) is 0 Å². The Bertz CT molecular complexity index is 362. The Balaban J connectivity index is 2.29. The van der Waals surface area contributed by atoms with Crippen LogP contribution in [0.3, 0.4) is 0 Å². The molecule has 16 heavy (non-hydrogen) atoms. The fourth-order valence-electron chi connectivity index (χ4n) is 2.56. The van der Waals surface area contributed by atoms with E-state index in [1.165, 1.54) is 19.3 Å². The third kappa shape index (κ3) is 2.65. The molecule has 0 amide bonds. The van der Waals surface area contributed by atoms with Crippen molar-refractivity contribution >= 4 is 15.9 Å². The molecule has 0 aromatic heterocycles. The topological polar surface area (TPSA) is 0 Å². The predicted octanol–water partition coefficient (Wildman–Crippen LogP) is 4.95. The molecule has 1 aromatic rings. The molecule has 1 fully saturated rings. The molecule has 88 valence electrons. The van der Waals surface area contributed by atoms with Crippen molar-refractivity contribution in [2.75, 3.05) is 0 Å². The monoisotopic (exact) mass is 284 g/mol. The molecule has 0 heterocycles. The zero-order valence-electron chi connectivity index (χ0n) is 9.68. The third-order valence-electron chi connectivity index (χ3n) is 3.48. The van der Waals surface area contributed by atoms with Gasteiger partial charge < -0.3 is 0 Å². The summed E-state index contributed by atoms with van der Waals surface area (Å²) in [5, 5.41) is 0. The van der Waals surface area contributed by atoms with Crippen LogP contribution < -0.4 is 0 Å². The van der Waals surface area contributed by atoms with Crippen LogP contribution in [0.1, 0.15) is 49.1 Å². The second kappa shape index (κ2) is 5.31. The molecule has 0 saturated heterocycles. The summed E-state index contributed by atoms with van der Waals surface area (Å²) in [6.07, 6.45) is 6.04. The number of aryl methyl sites for hydroxylation is 1. The van der Waals surface area contributed by atoms with Gasteiger partial charge in [-0.1, -0.05) is 52.9 Å². The molecule has 0 nitrogen and oxygen atoms in total. The summed E-state index contributed by atoms with van der Waals surface area (Å²) in [6.45, 7) is 2.03. The lowest BCUT2D eigenvalue weighted by Gasteiger charge is -2.21. The van der Waals surface area contributed by atoms with Crippen molar-refractivity contribution in [3.8, 4) is 0 Å². The van der Waals surface area contributed by atoms with Gasteiger partial charge in [0.05, 0.1) is 0 Å². The van der Waals surface area contributed by atoms with Gasteiger partial charge in [-0.15, -0.1) is 0 Å². The predicted molar refractivity (Wildman–Crippen MR) is 69.7 cm³/mol.